The number of anilines is 1. The van der Waals surface area contributed by atoms with Gasteiger partial charge in [0, 0.05) is 30.1 Å². The van der Waals surface area contributed by atoms with Crippen LogP contribution >= 0.6 is 0 Å². The normalized spacial score (nSPS) is 11.0. The number of unbranched alkanes of at least 4 members (excludes halogenated alkanes) is 2. The van der Waals surface area contributed by atoms with Gasteiger partial charge in [0.15, 0.2) is 0 Å². The van der Waals surface area contributed by atoms with Crippen LogP contribution in [0.4, 0.5) is 5.95 Å². The Kier molecular flexibility index (Phi) is 7.92. The Morgan fingerprint density at radius 1 is 0.844 bits per heavy atom. The third-order valence-corrected chi connectivity index (χ3v) is 5.50. The van der Waals surface area contributed by atoms with Crippen LogP contribution in [0.25, 0.3) is 22.5 Å². The molecule has 0 bridgehead atoms. The van der Waals surface area contributed by atoms with E-state index in [0.717, 1.165) is 41.9 Å². The summed E-state index contributed by atoms with van der Waals surface area (Å²) >= 11 is 0. The van der Waals surface area contributed by atoms with Gasteiger partial charge in [0.25, 0.3) is 0 Å². The van der Waals surface area contributed by atoms with Crippen LogP contribution in [0.5, 0.6) is 0 Å². The first-order valence-electron chi connectivity index (χ1n) is 11.2. The quantitative estimate of drug-likeness (QED) is 0.415. The van der Waals surface area contributed by atoms with E-state index in [-0.39, 0.29) is 12.5 Å². The molecule has 32 heavy (non-hydrogen) atoms. The van der Waals surface area contributed by atoms with E-state index in [1.807, 2.05) is 0 Å². The average molecular weight is 433 g/mol. The monoisotopic (exact) mass is 432 g/mol. The van der Waals surface area contributed by atoms with E-state index in [0.29, 0.717) is 12.4 Å². The molecule has 6 nitrogen and oxygen atoms in total. The SMILES string of the molecule is Cc1ccc(-c2nnc(N(CCCCCC(=O)O)C(C)C)nc2-c2ccc(C)cc2)cc1. The molecule has 168 valence electrons. The van der Waals surface area contributed by atoms with E-state index in [1.54, 1.807) is 0 Å². The first-order chi connectivity index (χ1) is 15.3. The van der Waals surface area contributed by atoms with Crippen molar-refractivity contribution in [3.63, 3.8) is 0 Å². The van der Waals surface area contributed by atoms with Gasteiger partial charge in [-0.05, 0) is 40.5 Å². The predicted molar refractivity (Wildman–Crippen MR) is 129 cm³/mol. The molecule has 2 aromatic carbocycles. The third-order valence-electron chi connectivity index (χ3n) is 5.50. The molecule has 0 radical (unpaired) electrons. The molecule has 0 fully saturated rings. The maximum atomic E-state index is 10.7. The Hall–Kier alpha value is -3.28. The minimum Gasteiger partial charge on any atom is -0.481 e. The minimum atomic E-state index is -0.743. The second-order valence-electron chi connectivity index (χ2n) is 8.53. The van der Waals surface area contributed by atoms with Gasteiger partial charge in [-0.2, -0.15) is 0 Å². The Balaban J connectivity index is 1.93. The fourth-order valence-electron chi connectivity index (χ4n) is 3.58. The number of aliphatic carboxylic acids is 1. The average Bonchev–Trinajstić information content (AvgIpc) is 2.76. The summed E-state index contributed by atoms with van der Waals surface area (Å²) in [4.78, 5) is 17.9. The zero-order valence-corrected chi connectivity index (χ0v) is 19.4. The number of benzene rings is 2. The smallest absolute Gasteiger partial charge is 0.303 e. The zero-order valence-electron chi connectivity index (χ0n) is 19.4. The van der Waals surface area contributed by atoms with Crippen LogP contribution in [0.1, 0.15) is 50.7 Å². The first-order valence-corrected chi connectivity index (χ1v) is 11.2. The summed E-state index contributed by atoms with van der Waals surface area (Å²) in [6.07, 6.45) is 2.63. The molecule has 0 aliphatic heterocycles. The standard InChI is InChI=1S/C26H32N4O2/c1-18(2)30(17-7-5-6-8-23(31)32)26-27-24(21-13-9-19(3)10-14-21)25(28-29-26)22-15-11-20(4)12-16-22/h9-16,18H,5-8,17H2,1-4H3,(H,31,32). The lowest BCUT2D eigenvalue weighted by Gasteiger charge is -2.27. The first kappa shape index (κ1) is 23.4. The van der Waals surface area contributed by atoms with Crippen LogP contribution < -0.4 is 4.90 Å². The van der Waals surface area contributed by atoms with Crippen molar-refractivity contribution in [2.45, 2.75) is 59.4 Å². The van der Waals surface area contributed by atoms with Crippen molar-refractivity contribution < 1.29 is 9.90 Å². The second-order valence-corrected chi connectivity index (χ2v) is 8.53. The fourth-order valence-corrected chi connectivity index (χ4v) is 3.58. The summed E-state index contributed by atoms with van der Waals surface area (Å²) in [5.41, 5.74) is 5.96. The highest BCUT2D eigenvalue weighted by molar-refractivity contribution is 5.78. The molecule has 1 heterocycles. The van der Waals surface area contributed by atoms with Gasteiger partial charge in [-0.3, -0.25) is 4.79 Å². The van der Waals surface area contributed by atoms with Gasteiger partial charge in [0.2, 0.25) is 5.95 Å². The van der Waals surface area contributed by atoms with Gasteiger partial charge in [0.05, 0.1) is 0 Å². The molecule has 3 rings (SSSR count). The lowest BCUT2D eigenvalue weighted by molar-refractivity contribution is -0.137. The molecule has 0 atom stereocenters. The highest BCUT2D eigenvalue weighted by atomic mass is 16.4. The molecular weight excluding hydrogens is 400 g/mol. The number of hydrogen-bond donors (Lipinski definition) is 1. The number of carbonyl (C=O) groups is 1. The van der Waals surface area contributed by atoms with Crippen LogP contribution in [0, 0.1) is 13.8 Å². The van der Waals surface area contributed by atoms with Crippen molar-refractivity contribution in [2.75, 3.05) is 11.4 Å². The highest BCUT2D eigenvalue weighted by Gasteiger charge is 2.19. The van der Waals surface area contributed by atoms with Crippen LogP contribution in [0.3, 0.4) is 0 Å². The van der Waals surface area contributed by atoms with Crippen LogP contribution in [0.2, 0.25) is 0 Å². The van der Waals surface area contributed by atoms with Crippen LogP contribution in [0.15, 0.2) is 48.5 Å². The largest absolute Gasteiger partial charge is 0.481 e. The summed E-state index contributed by atoms with van der Waals surface area (Å²) in [5.74, 6) is -0.141. The van der Waals surface area contributed by atoms with Crippen molar-refractivity contribution in [1.82, 2.24) is 15.2 Å². The topological polar surface area (TPSA) is 79.2 Å². The predicted octanol–water partition coefficient (Wildman–Crippen LogP) is 5.68. The van der Waals surface area contributed by atoms with Crippen molar-refractivity contribution >= 4 is 11.9 Å². The van der Waals surface area contributed by atoms with Gasteiger partial charge in [-0.15, -0.1) is 10.2 Å². The molecule has 0 unspecified atom stereocenters. The number of hydrogen-bond acceptors (Lipinski definition) is 5. The maximum Gasteiger partial charge on any atom is 0.303 e. The lowest BCUT2D eigenvalue weighted by atomic mass is 10.0. The van der Waals surface area contributed by atoms with Gasteiger partial charge in [0.1, 0.15) is 11.4 Å². The zero-order chi connectivity index (χ0) is 23.1. The van der Waals surface area contributed by atoms with E-state index in [9.17, 15) is 4.79 Å². The molecular formula is C26H32N4O2. The van der Waals surface area contributed by atoms with Gasteiger partial charge in [-0.25, -0.2) is 4.98 Å². The Bertz CT molecular complexity index is 1030. The van der Waals surface area contributed by atoms with E-state index in [4.69, 9.17) is 10.1 Å². The number of aryl methyl sites for hydroxylation is 2. The molecule has 0 amide bonds. The summed E-state index contributed by atoms with van der Waals surface area (Å²) in [5, 5.41) is 18.0. The van der Waals surface area contributed by atoms with E-state index < -0.39 is 5.97 Å². The van der Waals surface area contributed by atoms with Gasteiger partial charge < -0.3 is 10.0 Å². The number of aromatic nitrogens is 3. The molecule has 0 saturated heterocycles. The Morgan fingerprint density at radius 2 is 1.41 bits per heavy atom. The maximum absolute atomic E-state index is 10.7. The third kappa shape index (κ3) is 6.13. The van der Waals surface area contributed by atoms with Gasteiger partial charge >= 0.3 is 5.97 Å². The highest BCUT2D eigenvalue weighted by Crippen LogP contribution is 2.30. The molecule has 0 spiro atoms. The fraction of sp³-hybridized carbons (Fsp3) is 0.385. The molecule has 0 saturated carbocycles. The van der Waals surface area contributed by atoms with Crippen LogP contribution in [-0.2, 0) is 4.79 Å². The summed E-state index contributed by atoms with van der Waals surface area (Å²) < 4.78 is 0. The van der Waals surface area contributed by atoms with Gasteiger partial charge in [-0.1, -0.05) is 66.1 Å². The van der Waals surface area contributed by atoms with Crippen molar-refractivity contribution in [2.24, 2.45) is 0 Å². The van der Waals surface area contributed by atoms with E-state index >= 15 is 0 Å². The van der Waals surface area contributed by atoms with Crippen molar-refractivity contribution in [1.29, 1.82) is 0 Å². The molecule has 0 aliphatic carbocycles. The number of rotatable bonds is 10. The second kappa shape index (κ2) is 10.8. The minimum absolute atomic E-state index is 0.201. The summed E-state index contributed by atoms with van der Waals surface area (Å²) in [6, 6.07) is 16.8. The van der Waals surface area contributed by atoms with Crippen LogP contribution in [-0.4, -0.2) is 38.8 Å². The van der Waals surface area contributed by atoms with Crippen molar-refractivity contribution in [3.8, 4) is 22.5 Å². The lowest BCUT2D eigenvalue weighted by Crippen LogP contribution is -2.33. The summed E-state index contributed by atoms with van der Waals surface area (Å²) in [6.45, 7) is 9.12. The number of carboxylic acid groups (broad SMARTS) is 1. The number of nitrogens with zero attached hydrogens (tertiary/aromatic N) is 4. The van der Waals surface area contributed by atoms with Crippen molar-refractivity contribution in [3.05, 3.63) is 59.7 Å². The Morgan fingerprint density at radius 3 is 1.94 bits per heavy atom. The molecule has 1 N–H and O–H groups in total. The Labute approximate surface area is 190 Å². The molecule has 3 aromatic rings. The number of carboxylic acids is 1. The molecule has 6 heteroatoms. The summed E-state index contributed by atoms with van der Waals surface area (Å²) in [7, 11) is 0. The molecule has 0 aliphatic rings. The van der Waals surface area contributed by atoms with E-state index in [2.05, 4.69) is 91.3 Å². The molecule has 1 aromatic heterocycles. The van der Waals surface area contributed by atoms with E-state index in [1.165, 1.54) is 11.1 Å².